The Morgan fingerprint density at radius 1 is 0.364 bits per heavy atom. The highest BCUT2D eigenvalue weighted by atomic mass is 32.2. The molecule has 422 valence electrons. The largest absolute Gasteiger partial charge is 0.393 e. The van der Waals surface area contributed by atoms with Gasteiger partial charge in [-0.25, -0.2) is 0 Å². The fourth-order valence-electron chi connectivity index (χ4n) is 14.5. The summed E-state index contributed by atoms with van der Waals surface area (Å²) in [6.45, 7) is 16.4. The van der Waals surface area contributed by atoms with Crippen molar-refractivity contribution in [3.63, 3.8) is 0 Å². The van der Waals surface area contributed by atoms with Crippen molar-refractivity contribution < 1.29 is 9.84 Å². The van der Waals surface area contributed by atoms with Crippen LogP contribution in [0.25, 0.3) is 0 Å². The molecular formula is C63H92N6O2S6. The van der Waals surface area contributed by atoms with Crippen LogP contribution in [0.4, 0.5) is 0 Å². The fraction of sp³-hybridized carbons (Fsp3) is 0.683. The highest BCUT2D eigenvalue weighted by Gasteiger charge is 2.33. The van der Waals surface area contributed by atoms with Gasteiger partial charge in [0.1, 0.15) is 0 Å². The molecule has 14 heteroatoms. The minimum atomic E-state index is -0.0539. The summed E-state index contributed by atoms with van der Waals surface area (Å²) in [6, 6.07) is 15.3. The van der Waals surface area contributed by atoms with E-state index in [4.69, 9.17) is 4.74 Å². The number of piperidine rings is 2. The number of aliphatic hydroxyl groups excluding tert-OH is 1. The summed E-state index contributed by atoms with van der Waals surface area (Å²) in [7, 11) is 2.23. The van der Waals surface area contributed by atoms with Crippen molar-refractivity contribution in [3.05, 3.63) is 109 Å². The van der Waals surface area contributed by atoms with Gasteiger partial charge in [-0.15, -0.1) is 56.7 Å². The zero-order chi connectivity index (χ0) is 52.2. The molecule has 0 amide bonds. The van der Waals surface area contributed by atoms with Gasteiger partial charge in [-0.2, -0.15) is 11.8 Å². The molecule has 5 unspecified atom stereocenters. The molecule has 5 aromatic heterocycles. The van der Waals surface area contributed by atoms with E-state index in [0.717, 1.165) is 70.4 Å². The van der Waals surface area contributed by atoms with Crippen LogP contribution in [0, 0.1) is 0 Å². The van der Waals surface area contributed by atoms with Gasteiger partial charge < -0.3 is 14.7 Å². The first kappa shape index (κ1) is 57.4. The summed E-state index contributed by atoms with van der Waals surface area (Å²) in [5.41, 5.74) is 8.13. The zero-order valence-electron chi connectivity index (χ0n) is 46.7. The maximum Gasteiger partial charge on any atom is 0.0594 e. The van der Waals surface area contributed by atoms with Gasteiger partial charge in [0.2, 0.25) is 0 Å². The number of hydrogen-bond donors (Lipinski definition) is 1. The van der Waals surface area contributed by atoms with E-state index in [1.807, 2.05) is 56.7 Å². The van der Waals surface area contributed by atoms with E-state index < -0.39 is 0 Å². The Kier molecular flexibility index (Phi) is 21.7. The molecule has 0 aromatic carbocycles. The summed E-state index contributed by atoms with van der Waals surface area (Å²) >= 11 is 11.8. The second-order valence-electron chi connectivity index (χ2n) is 23.5. The lowest BCUT2D eigenvalue weighted by molar-refractivity contribution is 0.0126. The Morgan fingerprint density at radius 3 is 1.06 bits per heavy atom. The zero-order valence-corrected chi connectivity index (χ0v) is 51.6. The van der Waals surface area contributed by atoms with Crippen LogP contribution in [0.15, 0.2) is 57.2 Å². The summed E-state index contributed by atoms with van der Waals surface area (Å²) in [5, 5.41) is 20.9. The number of likely N-dealkylation sites (N-methyl/N-ethyl adjacent to an activating group) is 1. The first-order chi connectivity index (χ1) is 38.0. The number of hydrogen-bond acceptors (Lipinski definition) is 14. The lowest BCUT2D eigenvalue weighted by Crippen LogP contribution is -2.46. The first-order valence-electron chi connectivity index (χ1n) is 30.6. The molecule has 0 spiro atoms. The van der Waals surface area contributed by atoms with Gasteiger partial charge in [0.15, 0.2) is 0 Å². The van der Waals surface area contributed by atoms with Crippen LogP contribution in [-0.2, 0) is 36.8 Å². The Hall–Kier alpha value is -1.47. The summed E-state index contributed by atoms with van der Waals surface area (Å²) < 4.78 is 5.42. The molecular weight excluding hydrogens is 1070 g/mol. The molecule has 0 saturated carbocycles. The Labute approximate surface area is 488 Å². The number of thioether (sulfide) groups is 1. The average molecular weight is 1160 g/mol. The van der Waals surface area contributed by atoms with Crippen molar-refractivity contribution in [1.82, 2.24) is 29.4 Å². The number of aryl methyl sites for hydroxylation is 5. The minimum Gasteiger partial charge on any atom is -0.393 e. The summed E-state index contributed by atoms with van der Waals surface area (Å²) in [6.07, 6.45) is 26.3. The van der Waals surface area contributed by atoms with E-state index in [9.17, 15) is 5.11 Å². The van der Waals surface area contributed by atoms with Crippen molar-refractivity contribution in [1.29, 1.82) is 0 Å². The number of morpholine rings is 1. The predicted octanol–water partition coefficient (Wildman–Crippen LogP) is 14.2. The number of piperazine rings is 1. The van der Waals surface area contributed by atoms with E-state index in [0.29, 0.717) is 12.1 Å². The van der Waals surface area contributed by atoms with Crippen molar-refractivity contribution >= 4 is 68.4 Å². The molecule has 1 N–H and O–H groups in total. The molecule has 5 fully saturated rings. The molecule has 10 heterocycles. The van der Waals surface area contributed by atoms with Gasteiger partial charge in [0, 0.05) is 132 Å². The number of fused-ring (bicyclic) bond motifs is 5. The molecule has 5 aliphatic carbocycles. The lowest BCUT2D eigenvalue weighted by Gasteiger charge is -2.39. The SMILES string of the molecule is CN1CCN(C2CCCc3sccc32)CC1.OC1CCN(C2CCCc3sccc32)CC1.c1cc2c(s1)CCCC2N1CCCCC1.c1cc2c(s1)CCCC2N1CCOCC1.c1cc2c(s1)CCCC2N1CCSCC1. The third kappa shape index (κ3) is 14.8. The third-order valence-electron chi connectivity index (χ3n) is 18.8. The number of ether oxygens (including phenoxy) is 1. The van der Waals surface area contributed by atoms with Gasteiger partial charge in [-0.1, -0.05) is 6.42 Å². The Morgan fingerprint density at radius 2 is 0.688 bits per heavy atom. The molecule has 10 aliphatic rings. The van der Waals surface area contributed by atoms with Crippen LogP contribution >= 0.6 is 68.4 Å². The van der Waals surface area contributed by atoms with Gasteiger partial charge in [0.25, 0.3) is 0 Å². The van der Waals surface area contributed by atoms with Crippen LogP contribution < -0.4 is 0 Å². The van der Waals surface area contributed by atoms with Crippen molar-refractivity contribution in [3.8, 4) is 0 Å². The van der Waals surface area contributed by atoms with Crippen LogP contribution in [-0.4, -0.2) is 151 Å². The van der Waals surface area contributed by atoms with E-state index >= 15 is 0 Å². The Balaban J connectivity index is 0.000000102. The minimum absolute atomic E-state index is 0.0539. The van der Waals surface area contributed by atoms with Crippen molar-refractivity contribution in [2.75, 3.05) is 110 Å². The molecule has 5 saturated heterocycles. The smallest absolute Gasteiger partial charge is 0.0594 e. The molecule has 5 aromatic rings. The quantitative estimate of drug-likeness (QED) is 0.185. The van der Waals surface area contributed by atoms with E-state index in [2.05, 4.69) is 105 Å². The van der Waals surface area contributed by atoms with Gasteiger partial charge >= 0.3 is 0 Å². The molecule has 5 aliphatic heterocycles. The number of likely N-dealkylation sites (tertiary alicyclic amines) is 2. The van der Waals surface area contributed by atoms with Crippen LogP contribution in [0.3, 0.4) is 0 Å². The maximum absolute atomic E-state index is 9.56. The average Bonchev–Trinajstić information content (AvgIpc) is 4.39. The number of rotatable bonds is 5. The molecule has 77 heavy (non-hydrogen) atoms. The van der Waals surface area contributed by atoms with E-state index in [1.165, 1.54) is 179 Å². The van der Waals surface area contributed by atoms with Crippen molar-refractivity contribution in [2.45, 2.75) is 165 Å². The number of aliphatic hydroxyl groups is 1. The molecule has 5 atom stereocenters. The first-order valence-corrected chi connectivity index (χ1v) is 36.1. The third-order valence-corrected chi connectivity index (χ3v) is 24.7. The monoisotopic (exact) mass is 1160 g/mol. The predicted molar refractivity (Wildman–Crippen MR) is 333 cm³/mol. The molecule has 0 radical (unpaired) electrons. The van der Waals surface area contributed by atoms with Gasteiger partial charge in [-0.3, -0.25) is 24.5 Å². The number of thiophene rings is 5. The van der Waals surface area contributed by atoms with Crippen LogP contribution in [0.2, 0.25) is 0 Å². The highest BCUT2D eigenvalue weighted by Crippen LogP contribution is 2.42. The van der Waals surface area contributed by atoms with Crippen LogP contribution in [0.5, 0.6) is 0 Å². The summed E-state index contributed by atoms with van der Waals surface area (Å²) in [5.74, 6) is 2.66. The highest BCUT2D eigenvalue weighted by molar-refractivity contribution is 7.99. The Bertz CT molecular complexity index is 2250. The molecule has 15 rings (SSSR count). The van der Waals surface area contributed by atoms with E-state index in [-0.39, 0.29) is 6.10 Å². The van der Waals surface area contributed by atoms with Gasteiger partial charge in [0.05, 0.1) is 19.3 Å². The van der Waals surface area contributed by atoms with Crippen molar-refractivity contribution in [2.24, 2.45) is 0 Å². The lowest BCUT2D eigenvalue weighted by atomic mass is 9.91. The number of nitrogens with zero attached hydrogens (tertiary/aromatic N) is 6. The van der Waals surface area contributed by atoms with Gasteiger partial charge in [-0.05, 0) is 227 Å². The van der Waals surface area contributed by atoms with E-state index in [1.54, 1.807) is 52.2 Å². The second-order valence-corrected chi connectivity index (χ2v) is 29.8. The normalized spacial score (nSPS) is 27.7. The van der Waals surface area contributed by atoms with Crippen LogP contribution in [0.1, 0.15) is 179 Å². The fourth-order valence-corrected chi connectivity index (χ4v) is 20.4. The molecule has 8 nitrogen and oxygen atoms in total. The topological polar surface area (TPSA) is 48.9 Å². The summed E-state index contributed by atoms with van der Waals surface area (Å²) in [4.78, 5) is 24.0. The maximum atomic E-state index is 9.56. The second kappa shape index (κ2) is 29.2. The molecule has 0 bridgehead atoms. The standard InChI is InChI=1S/C13H20N2S.C13H19NOS.C13H19NS.C12H17NOS.C12H17NS2/c1-14-6-8-15(9-7-14)12-3-2-4-13-11(12)5-10-16-13;15-10-4-7-14(8-5-10)12-2-1-3-13-11(12)6-9-16-13;1-2-8-14(9-3-1)12-5-4-6-13-11(12)7-10-15-13;1-2-11(13-5-7-14-8-6-13)10-4-9-15-12(10)3-1;1-2-11(13-5-8-14-9-6-13)10-4-7-15-12(10)3-1/h5,10,12H,2-4,6-9H2,1H3;6,9-10,12,15H,1-5,7-8H2;7,10,12H,1-6,8-9H2;4,9,11H,1-3,5-8H2;4,7,11H,1-3,5-6,8-9H2.